The third kappa shape index (κ3) is 4.26. The molecule has 0 saturated heterocycles. The predicted octanol–water partition coefficient (Wildman–Crippen LogP) is 0.976. The average molecular weight is 234 g/mol. The summed E-state index contributed by atoms with van der Waals surface area (Å²) in [5.41, 5.74) is 0.502. The van der Waals surface area contributed by atoms with Gasteiger partial charge in [0.1, 0.15) is 5.75 Å². The molecule has 0 bridgehead atoms. The van der Waals surface area contributed by atoms with Gasteiger partial charge in [0.15, 0.2) is 0 Å². The topological polar surface area (TPSA) is 72.7 Å². The molecule has 1 N–H and O–H groups in total. The lowest BCUT2D eigenvalue weighted by Crippen LogP contribution is -2.35. The van der Waals surface area contributed by atoms with E-state index in [0.717, 1.165) is 0 Å². The van der Waals surface area contributed by atoms with Crippen molar-refractivity contribution in [1.29, 1.82) is 0 Å². The molecule has 17 heavy (non-hydrogen) atoms. The fourth-order valence-electron chi connectivity index (χ4n) is 1.43. The third-order valence-corrected chi connectivity index (χ3v) is 2.30. The molecule has 0 aliphatic rings. The van der Waals surface area contributed by atoms with Crippen molar-refractivity contribution in [3.05, 3.63) is 29.8 Å². The zero-order chi connectivity index (χ0) is 12.8. The average Bonchev–Trinajstić information content (AvgIpc) is 2.25. The largest absolute Gasteiger partial charge is 0.548 e. The first kappa shape index (κ1) is 13.2. The van der Waals surface area contributed by atoms with E-state index in [4.69, 9.17) is 0 Å². The molecule has 1 aromatic carbocycles. The van der Waals surface area contributed by atoms with E-state index in [1.54, 1.807) is 18.2 Å². The van der Waals surface area contributed by atoms with Crippen LogP contribution in [0.3, 0.4) is 0 Å². The van der Waals surface area contributed by atoms with Crippen molar-refractivity contribution in [3.8, 4) is 5.75 Å². The van der Waals surface area contributed by atoms with Crippen LogP contribution in [0.15, 0.2) is 29.3 Å². The maximum atomic E-state index is 10.9. The van der Waals surface area contributed by atoms with Crippen LogP contribution in [0.5, 0.6) is 5.75 Å². The molecule has 1 atom stereocenters. The number of benzene rings is 1. The number of para-hydroxylation sites is 1. The van der Waals surface area contributed by atoms with Crippen LogP contribution in [0.4, 0.5) is 0 Å². The minimum Gasteiger partial charge on any atom is -0.548 e. The van der Waals surface area contributed by atoms with E-state index in [0.29, 0.717) is 12.0 Å². The Balaban J connectivity index is 2.80. The summed E-state index contributed by atoms with van der Waals surface area (Å²) in [6.07, 6.45) is 1.80. The van der Waals surface area contributed by atoms with E-state index in [-0.39, 0.29) is 11.7 Å². The number of nitrogens with zero attached hydrogens (tertiary/aromatic N) is 1. The SMILES string of the molecule is CC(C)C[C@@H](N=Cc1ccccc1O)C(=O)[O-]. The molecule has 1 rings (SSSR count). The zero-order valence-corrected chi connectivity index (χ0v) is 9.96. The molecule has 4 heteroatoms. The highest BCUT2D eigenvalue weighted by molar-refractivity contribution is 5.85. The first-order valence-corrected chi connectivity index (χ1v) is 5.52. The number of carbonyl (C=O) groups is 1. The molecule has 0 amide bonds. The second-order valence-corrected chi connectivity index (χ2v) is 4.30. The first-order chi connectivity index (χ1) is 8.00. The van der Waals surface area contributed by atoms with E-state index in [1.807, 2.05) is 13.8 Å². The summed E-state index contributed by atoms with van der Waals surface area (Å²) in [6, 6.07) is 5.77. The minimum atomic E-state index is -1.19. The standard InChI is InChI=1S/C13H17NO3/c1-9(2)7-11(13(16)17)14-8-10-5-3-4-6-12(10)15/h3-6,8-9,11,15H,7H2,1-2H3,(H,16,17)/p-1/t11-/m1/s1. The summed E-state index contributed by atoms with van der Waals surface area (Å²) in [5.74, 6) is -0.886. The molecule has 1 aromatic rings. The second-order valence-electron chi connectivity index (χ2n) is 4.30. The van der Waals surface area contributed by atoms with Crippen LogP contribution in [0.1, 0.15) is 25.8 Å². The summed E-state index contributed by atoms with van der Waals surface area (Å²) in [7, 11) is 0. The minimum absolute atomic E-state index is 0.0814. The monoisotopic (exact) mass is 234 g/mol. The molecule has 0 spiro atoms. The van der Waals surface area contributed by atoms with Crippen molar-refractivity contribution in [3.63, 3.8) is 0 Å². The number of hydrogen-bond donors (Lipinski definition) is 1. The highest BCUT2D eigenvalue weighted by atomic mass is 16.4. The number of carboxylic acid groups (broad SMARTS) is 1. The fourth-order valence-corrected chi connectivity index (χ4v) is 1.43. The third-order valence-electron chi connectivity index (χ3n) is 2.30. The van der Waals surface area contributed by atoms with Crippen molar-refractivity contribution in [2.45, 2.75) is 26.3 Å². The van der Waals surface area contributed by atoms with Gasteiger partial charge in [-0.15, -0.1) is 0 Å². The van der Waals surface area contributed by atoms with Crippen molar-refractivity contribution in [1.82, 2.24) is 0 Å². The Kier molecular flexibility index (Phi) is 4.69. The molecule has 0 aliphatic heterocycles. The summed E-state index contributed by atoms with van der Waals surface area (Å²) in [6.45, 7) is 3.84. The summed E-state index contributed by atoms with van der Waals surface area (Å²) < 4.78 is 0. The van der Waals surface area contributed by atoms with Gasteiger partial charge in [0.25, 0.3) is 0 Å². The molecule has 0 saturated carbocycles. The van der Waals surface area contributed by atoms with E-state index in [9.17, 15) is 15.0 Å². The number of rotatable bonds is 5. The van der Waals surface area contributed by atoms with Gasteiger partial charge in [-0.05, 0) is 24.5 Å². The van der Waals surface area contributed by atoms with Crippen LogP contribution in [0.25, 0.3) is 0 Å². The van der Waals surface area contributed by atoms with Crippen molar-refractivity contribution < 1.29 is 15.0 Å². The normalized spacial score (nSPS) is 13.1. The van der Waals surface area contributed by atoms with Crippen LogP contribution >= 0.6 is 0 Å². The van der Waals surface area contributed by atoms with Gasteiger partial charge in [0.2, 0.25) is 0 Å². The Bertz CT molecular complexity index is 413. The fraction of sp³-hybridized carbons (Fsp3) is 0.385. The van der Waals surface area contributed by atoms with E-state index in [2.05, 4.69) is 4.99 Å². The summed E-state index contributed by atoms with van der Waals surface area (Å²) in [5, 5.41) is 20.3. The van der Waals surface area contributed by atoms with Gasteiger partial charge in [-0.2, -0.15) is 0 Å². The number of hydrogen-bond acceptors (Lipinski definition) is 4. The second kappa shape index (κ2) is 6.03. The number of carbonyl (C=O) groups excluding carboxylic acids is 1. The Morgan fingerprint density at radius 1 is 1.47 bits per heavy atom. The Morgan fingerprint density at radius 3 is 2.65 bits per heavy atom. The number of phenols is 1. The zero-order valence-electron chi connectivity index (χ0n) is 9.96. The number of aromatic hydroxyl groups is 1. The van der Waals surface area contributed by atoms with Gasteiger partial charge in [-0.3, -0.25) is 4.99 Å². The molecule has 0 fully saturated rings. The van der Waals surface area contributed by atoms with Gasteiger partial charge in [-0.25, -0.2) is 0 Å². The maximum absolute atomic E-state index is 10.9. The number of aliphatic imine (C=N–C) groups is 1. The lowest BCUT2D eigenvalue weighted by Gasteiger charge is -2.15. The van der Waals surface area contributed by atoms with E-state index >= 15 is 0 Å². The summed E-state index contributed by atoms with van der Waals surface area (Å²) >= 11 is 0. The maximum Gasteiger partial charge on any atom is 0.124 e. The van der Waals surface area contributed by atoms with Crippen molar-refractivity contribution >= 4 is 12.2 Å². The Morgan fingerprint density at radius 2 is 2.12 bits per heavy atom. The lowest BCUT2D eigenvalue weighted by atomic mass is 10.0. The van der Waals surface area contributed by atoms with E-state index in [1.165, 1.54) is 12.3 Å². The van der Waals surface area contributed by atoms with Crippen molar-refractivity contribution in [2.24, 2.45) is 10.9 Å². The molecular weight excluding hydrogens is 218 g/mol. The lowest BCUT2D eigenvalue weighted by molar-refractivity contribution is -0.307. The Labute approximate surface area is 101 Å². The molecular formula is C13H16NO3-. The number of carboxylic acids is 1. The highest BCUT2D eigenvalue weighted by Gasteiger charge is 2.09. The molecule has 0 radical (unpaired) electrons. The number of phenolic OH excluding ortho intramolecular Hbond substituents is 1. The molecule has 0 heterocycles. The quantitative estimate of drug-likeness (QED) is 0.772. The van der Waals surface area contributed by atoms with Crippen LogP contribution in [-0.4, -0.2) is 23.3 Å². The molecule has 4 nitrogen and oxygen atoms in total. The van der Waals surface area contributed by atoms with Crippen LogP contribution < -0.4 is 5.11 Å². The van der Waals surface area contributed by atoms with Gasteiger partial charge >= 0.3 is 0 Å². The summed E-state index contributed by atoms with van der Waals surface area (Å²) in [4.78, 5) is 14.8. The molecule has 0 aromatic heterocycles. The molecule has 92 valence electrons. The van der Waals surface area contributed by atoms with Gasteiger partial charge in [0.05, 0.1) is 12.0 Å². The highest BCUT2D eigenvalue weighted by Crippen LogP contribution is 2.14. The van der Waals surface area contributed by atoms with Crippen molar-refractivity contribution in [2.75, 3.05) is 0 Å². The predicted molar refractivity (Wildman–Crippen MR) is 64.0 cm³/mol. The smallest absolute Gasteiger partial charge is 0.124 e. The molecule has 0 unspecified atom stereocenters. The molecule has 0 aliphatic carbocycles. The van der Waals surface area contributed by atoms with Crippen LogP contribution in [-0.2, 0) is 4.79 Å². The van der Waals surface area contributed by atoms with Crippen LogP contribution in [0, 0.1) is 5.92 Å². The van der Waals surface area contributed by atoms with Gasteiger partial charge in [0, 0.05) is 11.8 Å². The van der Waals surface area contributed by atoms with Crippen LogP contribution in [0.2, 0.25) is 0 Å². The first-order valence-electron chi connectivity index (χ1n) is 5.52. The Hall–Kier alpha value is -1.84. The van der Waals surface area contributed by atoms with E-state index < -0.39 is 12.0 Å². The van der Waals surface area contributed by atoms with Gasteiger partial charge in [-0.1, -0.05) is 26.0 Å². The van der Waals surface area contributed by atoms with Gasteiger partial charge < -0.3 is 15.0 Å². The number of aliphatic carboxylic acids is 1.